The third-order valence-corrected chi connectivity index (χ3v) is 2.43. The number of halogens is 1. The Morgan fingerprint density at radius 3 is 2.89 bits per heavy atom. The van der Waals surface area contributed by atoms with Crippen LogP contribution in [0.3, 0.4) is 0 Å². The lowest BCUT2D eigenvalue weighted by Gasteiger charge is -2.06. The molecule has 1 aromatic heterocycles. The monoisotopic (exact) mass is 245 g/mol. The highest BCUT2D eigenvalue weighted by atomic mass is 19.1. The van der Waals surface area contributed by atoms with Crippen molar-refractivity contribution in [3.05, 3.63) is 59.5 Å². The third kappa shape index (κ3) is 2.82. The lowest BCUT2D eigenvalue weighted by Crippen LogP contribution is -2.24. The van der Waals surface area contributed by atoms with Crippen LogP contribution >= 0.6 is 0 Å². The maximum Gasteiger partial charge on any atom is 0.255 e. The van der Waals surface area contributed by atoms with Gasteiger partial charge in [-0.3, -0.25) is 4.79 Å². The smallest absolute Gasteiger partial charge is 0.255 e. The van der Waals surface area contributed by atoms with Gasteiger partial charge in [-0.05, 0) is 29.8 Å². The molecule has 1 aromatic carbocycles. The van der Waals surface area contributed by atoms with Crippen molar-refractivity contribution in [2.45, 2.75) is 6.54 Å². The highest BCUT2D eigenvalue weighted by Gasteiger charge is 2.09. The van der Waals surface area contributed by atoms with Gasteiger partial charge in [0, 0.05) is 12.7 Å². The van der Waals surface area contributed by atoms with Gasteiger partial charge >= 0.3 is 0 Å². The number of aromatic nitrogens is 1. The van der Waals surface area contributed by atoms with Crippen LogP contribution < -0.4 is 11.1 Å². The van der Waals surface area contributed by atoms with E-state index in [1.54, 1.807) is 24.3 Å². The van der Waals surface area contributed by atoms with Crippen molar-refractivity contribution in [3.8, 4) is 0 Å². The molecule has 1 heterocycles. The summed E-state index contributed by atoms with van der Waals surface area (Å²) in [5.41, 5.74) is 6.58. The lowest BCUT2D eigenvalue weighted by molar-refractivity contribution is 0.0951. The Balaban J connectivity index is 2.03. The molecule has 0 radical (unpaired) electrons. The van der Waals surface area contributed by atoms with Crippen LogP contribution in [0.15, 0.2) is 42.6 Å². The van der Waals surface area contributed by atoms with Crippen molar-refractivity contribution in [1.82, 2.24) is 10.3 Å². The summed E-state index contributed by atoms with van der Waals surface area (Å²) >= 11 is 0. The van der Waals surface area contributed by atoms with E-state index >= 15 is 0 Å². The Kier molecular flexibility index (Phi) is 3.52. The van der Waals surface area contributed by atoms with Crippen LogP contribution in [0.5, 0.6) is 0 Å². The van der Waals surface area contributed by atoms with Gasteiger partial charge in [0.2, 0.25) is 0 Å². The van der Waals surface area contributed by atoms with Gasteiger partial charge in [-0.1, -0.05) is 12.1 Å². The largest absolute Gasteiger partial charge is 0.383 e. The summed E-state index contributed by atoms with van der Waals surface area (Å²) in [6, 6.07) is 9.26. The number of nitrogens with zero attached hydrogens (tertiary/aromatic N) is 1. The summed E-state index contributed by atoms with van der Waals surface area (Å²) < 4.78 is 12.9. The van der Waals surface area contributed by atoms with Gasteiger partial charge in [0.15, 0.2) is 0 Å². The van der Waals surface area contributed by atoms with Gasteiger partial charge in [-0.25, -0.2) is 9.37 Å². The number of hydrogen-bond acceptors (Lipinski definition) is 3. The first-order chi connectivity index (χ1) is 8.66. The standard InChI is InChI=1S/C13H12FN3O/c14-10-4-1-3-9(7-10)8-17-13(18)11-5-2-6-16-12(11)15/h1-7H,8H2,(H2,15,16)(H,17,18). The zero-order chi connectivity index (χ0) is 13.0. The number of pyridine rings is 1. The van der Waals surface area contributed by atoms with E-state index < -0.39 is 0 Å². The predicted octanol–water partition coefficient (Wildman–Crippen LogP) is 1.73. The molecule has 0 unspecified atom stereocenters. The van der Waals surface area contributed by atoms with Crippen LogP contribution in [0.4, 0.5) is 10.2 Å². The number of rotatable bonds is 3. The van der Waals surface area contributed by atoms with Crippen LogP contribution in [0.2, 0.25) is 0 Å². The number of nitrogens with one attached hydrogen (secondary N) is 1. The van der Waals surface area contributed by atoms with Crippen LogP contribution in [-0.4, -0.2) is 10.9 Å². The first-order valence-corrected chi connectivity index (χ1v) is 5.40. The second kappa shape index (κ2) is 5.27. The van der Waals surface area contributed by atoms with Gasteiger partial charge in [0.25, 0.3) is 5.91 Å². The number of amides is 1. The van der Waals surface area contributed by atoms with E-state index in [0.717, 1.165) is 0 Å². The van der Waals surface area contributed by atoms with Crippen molar-refractivity contribution in [3.63, 3.8) is 0 Å². The van der Waals surface area contributed by atoms with E-state index in [2.05, 4.69) is 10.3 Å². The maximum atomic E-state index is 12.9. The van der Waals surface area contributed by atoms with E-state index in [1.807, 2.05) is 0 Å². The molecule has 18 heavy (non-hydrogen) atoms. The molecule has 3 N–H and O–H groups in total. The van der Waals surface area contributed by atoms with Crippen LogP contribution in [0, 0.1) is 5.82 Å². The number of anilines is 1. The molecule has 0 aliphatic heterocycles. The van der Waals surface area contributed by atoms with Crippen molar-refractivity contribution >= 4 is 11.7 Å². The molecule has 0 bridgehead atoms. The molecular weight excluding hydrogens is 233 g/mol. The fraction of sp³-hybridized carbons (Fsp3) is 0.0769. The predicted molar refractivity (Wildman–Crippen MR) is 66.2 cm³/mol. The zero-order valence-electron chi connectivity index (χ0n) is 9.56. The number of carbonyl (C=O) groups excluding carboxylic acids is 1. The Labute approximate surface area is 104 Å². The fourth-order valence-corrected chi connectivity index (χ4v) is 1.53. The number of hydrogen-bond donors (Lipinski definition) is 2. The molecule has 0 aliphatic rings. The SMILES string of the molecule is Nc1ncccc1C(=O)NCc1cccc(F)c1. The van der Waals surface area contributed by atoms with Gasteiger partial charge in [0.05, 0.1) is 5.56 Å². The molecule has 0 aliphatic carbocycles. The molecule has 2 rings (SSSR count). The molecule has 0 fully saturated rings. The second-order valence-corrected chi connectivity index (χ2v) is 3.75. The summed E-state index contributed by atoms with van der Waals surface area (Å²) in [5, 5.41) is 2.66. The maximum absolute atomic E-state index is 12.9. The first-order valence-electron chi connectivity index (χ1n) is 5.40. The van der Waals surface area contributed by atoms with Gasteiger partial charge in [-0.15, -0.1) is 0 Å². The quantitative estimate of drug-likeness (QED) is 0.865. The van der Waals surface area contributed by atoms with E-state index in [9.17, 15) is 9.18 Å². The highest BCUT2D eigenvalue weighted by molar-refractivity contribution is 5.98. The Morgan fingerprint density at radius 1 is 1.33 bits per heavy atom. The summed E-state index contributed by atoms with van der Waals surface area (Å²) in [6.45, 7) is 0.241. The van der Waals surface area contributed by atoms with Gasteiger partial charge in [0.1, 0.15) is 11.6 Å². The molecule has 1 amide bonds. The Morgan fingerprint density at radius 2 is 2.17 bits per heavy atom. The minimum absolute atomic E-state index is 0.175. The van der Waals surface area contributed by atoms with Gasteiger partial charge < -0.3 is 11.1 Å². The molecule has 92 valence electrons. The molecule has 0 saturated heterocycles. The van der Waals surface area contributed by atoms with E-state index in [4.69, 9.17) is 5.73 Å². The van der Waals surface area contributed by atoms with E-state index in [-0.39, 0.29) is 24.1 Å². The zero-order valence-corrected chi connectivity index (χ0v) is 9.56. The molecule has 0 saturated carbocycles. The fourth-order valence-electron chi connectivity index (χ4n) is 1.53. The number of nitrogen functional groups attached to an aromatic ring is 1. The minimum Gasteiger partial charge on any atom is -0.383 e. The number of benzene rings is 1. The molecule has 5 heteroatoms. The van der Waals surface area contributed by atoms with Gasteiger partial charge in [-0.2, -0.15) is 0 Å². The summed E-state index contributed by atoms with van der Waals surface area (Å²) in [7, 11) is 0. The average molecular weight is 245 g/mol. The average Bonchev–Trinajstić information content (AvgIpc) is 2.37. The second-order valence-electron chi connectivity index (χ2n) is 3.75. The van der Waals surface area contributed by atoms with Crippen molar-refractivity contribution in [2.75, 3.05) is 5.73 Å². The summed E-state index contributed by atoms with van der Waals surface area (Å²) in [6.07, 6.45) is 1.51. The third-order valence-electron chi connectivity index (χ3n) is 2.43. The molecular formula is C13H12FN3O. The van der Waals surface area contributed by atoms with Crippen LogP contribution in [0.1, 0.15) is 15.9 Å². The minimum atomic E-state index is -0.331. The van der Waals surface area contributed by atoms with Crippen molar-refractivity contribution in [1.29, 1.82) is 0 Å². The Hall–Kier alpha value is -2.43. The van der Waals surface area contributed by atoms with Crippen LogP contribution in [0.25, 0.3) is 0 Å². The number of nitrogens with two attached hydrogens (primary N) is 1. The topological polar surface area (TPSA) is 68.0 Å². The lowest BCUT2D eigenvalue weighted by atomic mass is 10.2. The number of carbonyl (C=O) groups is 1. The first kappa shape index (κ1) is 12.0. The Bertz CT molecular complexity index is 572. The molecule has 0 spiro atoms. The van der Waals surface area contributed by atoms with Crippen molar-refractivity contribution < 1.29 is 9.18 Å². The normalized spacial score (nSPS) is 10.1. The summed E-state index contributed by atoms with van der Waals surface area (Å²) in [5.74, 6) is -0.484. The van der Waals surface area contributed by atoms with Crippen LogP contribution in [-0.2, 0) is 6.54 Å². The van der Waals surface area contributed by atoms with E-state index in [1.165, 1.54) is 18.3 Å². The molecule has 2 aromatic rings. The highest BCUT2D eigenvalue weighted by Crippen LogP contribution is 2.07. The molecule has 4 nitrogen and oxygen atoms in total. The summed E-state index contributed by atoms with van der Waals surface area (Å²) in [4.78, 5) is 15.6. The van der Waals surface area contributed by atoms with E-state index in [0.29, 0.717) is 11.1 Å². The van der Waals surface area contributed by atoms with Crippen molar-refractivity contribution in [2.24, 2.45) is 0 Å². The molecule has 0 atom stereocenters.